The SMILES string of the molecule is CN(C)c1cc(NC2CCN(c3cc(F)cc(C#N)c3)CC2)ncn1. The first-order valence-electron chi connectivity index (χ1n) is 8.26. The van der Waals surface area contributed by atoms with Crippen LogP contribution < -0.4 is 15.1 Å². The van der Waals surface area contributed by atoms with Gasteiger partial charge >= 0.3 is 0 Å². The van der Waals surface area contributed by atoms with Crippen molar-refractivity contribution in [2.75, 3.05) is 42.3 Å². The molecule has 6 nitrogen and oxygen atoms in total. The Hall–Kier alpha value is -2.88. The predicted octanol–water partition coefficient (Wildman–Crippen LogP) is 2.63. The maximum absolute atomic E-state index is 13.6. The predicted molar refractivity (Wildman–Crippen MR) is 96.3 cm³/mol. The second-order valence-corrected chi connectivity index (χ2v) is 6.37. The van der Waals surface area contributed by atoms with Crippen molar-refractivity contribution in [3.05, 3.63) is 42.0 Å². The van der Waals surface area contributed by atoms with Gasteiger partial charge in [-0.05, 0) is 31.0 Å². The van der Waals surface area contributed by atoms with Gasteiger partial charge in [0.05, 0.1) is 11.6 Å². The number of aromatic nitrogens is 2. The molecule has 0 saturated carbocycles. The van der Waals surface area contributed by atoms with E-state index in [-0.39, 0.29) is 5.82 Å². The van der Waals surface area contributed by atoms with E-state index in [1.807, 2.05) is 31.1 Å². The smallest absolute Gasteiger partial charge is 0.133 e. The molecule has 0 aliphatic carbocycles. The van der Waals surface area contributed by atoms with Gasteiger partial charge in [-0.25, -0.2) is 14.4 Å². The summed E-state index contributed by atoms with van der Waals surface area (Å²) < 4.78 is 13.6. The molecule has 1 aliphatic heterocycles. The molecular formula is C18H21FN6. The van der Waals surface area contributed by atoms with Crippen LogP contribution in [0.15, 0.2) is 30.6 Å². The fourth-order valence-corrected chi connectivity index (χ4v) is 2.98. The maximum Gasteiger partial charge on any atom is 0.133 e. The Bertz CT molecular complexity index is 777. The van der Waals surface area contributed by atoms with Crippen LogP contribution >= 0.6 is 0 Å². The van der Waals surface area contributed by atoms with Gasteiger partial charge in [-0.3, -0.25) is 0 Å². The highest BCUT2D eigenvalue weighted by Crippen LogP contribution is 2.24. The second-order valence-electron chi connectivity index (χ2n) is 6.37. The number of anilines is 3. The van der Waals surface area contributed by atoms with Gasteiger partial charge in [-0.2, -0.15) is 5.26 Å². The Labute approximate surface area is 146 Å². The van der Waals surface area contributed by atoms with E-state index in [0.29, 0.717) is 11.6 Å². The number of benzene rings is 1. The van der Waals surface area contributed by atoms with Crippen LogP contribution in [0.2, 0.25) is 0 Å². The summed E-state index contributed by atoms with van der Waals surface area (Å²) in [7, 11) is 3.89. The van der Waals surface area contributed by atoms with Gasteiger partial charge in [0, 0.05) is 45.0 Å². The average Bonchev–Trinajstić information content (AvgIpc) is 2.62. The molecule has 1 aromatic heterocycles. The summed E-state index contributed by atoms with van der Waals surface area (Å²) in [5.74, 6) is 1.31. The molecule has 1 aromatic carbocycles. The lowest BCUT2D eigenvalue weighted by molar-refractivity contribution is 0.524. The van der Waals surface area contributed by atoms with Crippen molar-refractivity contribution >= 4 is 17.3 Å². The maximum atomic E-state index is 13.6. The van der Waals surface area contributed by atoms with Crippen LogP contribution in [0.3, 0.4) is 0 Å². The topological polar surface area (TPSA) is 68.1 Å². The lowest BCUT2D eigenvalue weighted by Gasteiger charge is -2.34. The average molecular weight is 340 g/mol. The molecule has 0 spiro atoms. The van der Waals surface area contributed by atoms with Gasteiger partial charge in [0.15, 0.2) is 0 Å². The van der Waals surface area contributed by atoms with Crippen molar-refractivity contribution in [3.63, 3.8) is 0 Å². The highest BCUT2D eigenvalue weighted by atomic mass is 19.1. The van der Waals surface area contributed by atoms with Crippen LogP contribution in [0.4, 0.5) is 21.7 Å². The van der Waals surface area contributed by atoms with E-state index in [4.69, 9.17) is 5.26 Å². The molecule has 0 atom stereocenters. The van der Waals surface area contributed by atoms with Crippen LogP contribution in [0.5, 0.6) is 0 Å². The van der Waals surface area contributed by atoms with Gasteiger partial charge in [0.1, 0.15) is 23.8 Å². The Morgan fingerprint density at radius 3 is 2.64 bits per heavy atom. The molecule has 1 saturated heterocycles. The van der Waals surface area contributed by atoms with Crippen molar-refractivity contribution in [2.24, 2.45) is 0 Å². The standard InChI is InChI=1S/C18H21FN6/c1-24(2)18-10-17(21-12-22-18)23-15-3-5-25(6-4-15)16-8-13(11-20)7-14(19)9-16/h7-10,12,15H,3-6H2,1-2H3,(H,21,22,23). The summed E-state index contributed by atoms with van der Waals surface area (Å²) in [6, 6.07) is 8.73. The summed E-state index contributed by atoms with van der Waals surface area (Å²) in [5.41, 5.74) is 1.12. The Kier molecular flexibility index (Phi) is 4.98. The summed E-state index contributed by atoms with van der Waals surface area (Å²) >= 11 is 0. The van der Waals surface area contributed by atoms with Gasteiger partial charge in [0.2, 0.25) is 0 Å². The Balaban J connectivity index is 1.62. The third-order valence-corrected chi connectivity index (χ3v) is 4.33. The second kappa shape index (κ2) is 7.34. The molecule has 130 valence electrons. The van der Waals surface area contributed by atoms with Gasteiger partial charge in [-0.1, -0.05) is 0 Å². The molecule has 1 N–H and O–H groups in total. The number of rotatable bonds is 4. The molecular weight excluding hydrogens is 319 g/mol. The highest BCUT2D eigenvalue weighted by Gasteiger charge is 2.20. The minimum Gasteiger partial charge on any atom is -0.371 e. The quantitative estimate of drug-likeness (QED) is 0.923. The number of hydrogen-bond acceptors (Lipinski definition) is 6. The lowest BCUT2D eigenvalue weighted by Crippen LogP contribution is -2.39. The number of nitrogens with zero attached hydrogens (tertiary/aromatic N) is 5. The molecule has 0 radical (unpaired) electrons. The Morgan fingerprint density at radius 2 is 1.96 bits per heavy atom. The summed E-state index contributed by atoms with van der Waals surface area (Å²) in [6.07, 6.45) is 3.39. The van der Waals surface area contributed by atoms with E-state index < -0.39 is 0 Å². The molecule has 2 heterocycles. The first-order valence-corrected chi connectivity index (χ1v) is 8.26. The van der Waals surface area contributed by atoms with Crippen LogP contribution in [0, 0.1) is 17.1 Å². The third-order valence-electron chi connectivity index (χ3n) is 4.33. The summed E-state index contributed by atoms with van der Waals surface area (Å²) in [4.78, 5) is 12.5. The first-order chi connectivity index (χ1) is 12.0. The fraction of sp³-hybridized carbons (Fsp3) is 0.389. The zero-order valence-electron chi connectivity index (χ0n) is 14.4. The molecule has 0 amide bonds. The largest absolute Gasteiger partial charge is 0.371 e. The van der Waals surface area contributed by atoms with E-state index in [9.17, 15) is 4.39 Å². The van der Waals surface area contributed by atoms with Crippen molar-refractivity contribution in [1.82, 2.24) is 9.97 Å². The van der Waals surface area contributed by atoms with Crippen molar-refractivity contribution in [3.8, 4) is 6.07 Å². The van der Waals surface area contributed by atoms with Crippen LogP contribution in [0.1, 0.15) is 18.4 Å². The normalized spacial score (nSPS) is 14.9. The summed E-state index contributed by atoms with van der Waals surface area (Å²) in [5, 5.41) is 12.4. The molecule has 1 fully saturated rings. The van der Waals surface area contributed by atoms with E-state index in [1.165, 1.54) is 12.1 Å². The molecule has 7 heteroatoms. The number of nitriles is 1. The minimum absolute atomic E-state index is 0.310. The Morgan fingerprint density at radius 1 is 1.20 bits per heavy atom. The van der Waals surface area contributed by atoms with Crippen LogP contribution in [-0.2, 0) is 0 Å². The van der Waals surface area contributed by atoms with Gasteiger partial charge in [-0.15, -0.1) is 0 Å². The van der Waals surface area contributed by atoms with Crippen molar-refractivity contribution in [2.45, 2.75) is 18.9 Å². The van der Waals surface area contributed by atoms with E-state index in [2.05, 4.69) is 20.2 Å². The highest BCUT2D eigenvalue weighted by molar-refractivity contribution is 5.53. The van der Waals surface area contributed by atoms with E-state index in [0.717, 1.165) is 43.3 Å². The molecule has 0 bridgehead atoms. The molecule has 0 unspecified atom stereocenters. The fourth-order valence-electron chi connectivity index (χ4n) is 2.98. The van der Waals surface area contributed by atoms with E-state index >= 15 is 0 Å². The minimum atomic E-state index is -0.369. The van der Waals surface area contributed by atoms with Crippen LogP contribution in [0.25, 0.3) is 0 Å². The zero-order chi connectivity index (χ0) is 17.8. The summed E-state index contributed by atoms with van der Waals surface area (Å²) in [6.45, 7) is 1.61. The van der Waals surface area contributed by atoms with Crippen LogP contribution in [-0.4, -0.2) is 43.2 Å². The van der Waals surface area contributed by atoms with Gasteiger partial charge in [0.25, 0.3) is 0 Å². The molecule has 25 heavy (non-hydrogen) atoms. The molecule has 2 aromatic rings. The lowest BCUT2D eigenvalue weighted by atomic mass is 10.0. The number of piperidine rings is 1. The first kappa shape index (κ1) is 17.0. The van der Waals surface area contributed by atoms with E-state index in [1.54, 1.807) is 12.4 Å². The number of nitrogens with one attached hydrogen (secondary N) is 1. The molecule has 1 aliphatic rings. The number of hydrogen-bond donors (Lipinski definition) is 1. The molecule has 3 rings (SSSR count). The third kappa shape index (κ3) is 4.15. The monoisotopic (exact) mass is 340 g/mol. The zero-order valence-corrected chi connectivity index (χ0v) is 14.4. The van der Waals surface area contributed by atoms with Crippen molar-refractivity contribution in [1.29, 1.82) is 5.26 Å². The van der Waals surface area contributed by atoms with Gasteiger partial charge < -0.3 is 15.1 Å². The van der Waals surface area contributed by atoms with Crippen molar-refractivity contribution < 1.29 is 4.39 Å². The number of halogens is 1.